The lowest BCUT2D eigenvalue weighted by Crippen LogP contribution is -2.30. The lowest BCUT2D eigenvalue weighted by molar-refractivity contribution is 0.0602. The van der Waals surface area contributed by atoms with E-state index in [0.717, 1.165) is 19.3 Å². The highest BCUT2D eigenvalue weighted by Crippen LogP contribution is 2.25. The molecule has 3 N–H and O–H groups in total. The lowest BCUT2D eigenvalue weighted by Gasteiger charge is -2.20. The Labute approximate surface area is 112 Å². The van der Waals surface area contributed by atoms with Gasteiger partial charge in [-0.3, -0.25) is 0 Å². The third-order valence-corrected chi connectivity index (χ3v) is 3.43. The minimum Gasteiger partial charge on any atom is -0.465 e. The van der Waals surface area contributed by atoms with Gasteiger partial charge in [0.1, 0.15) is 5.82 Å². The second-order valence-electron chi connectivity index (χ2n) is 4.60. The zero-order valence-electron chi connectivity index (χ0n) is 11.2. The molecular formula is C13H19N3O3. The van der Waals surface area contributed by atoms with Gasteiger partial charge in [0.25, 0.3) is 0 Å². The van der Waals surface area contributed by atoms with Crippen LogP contribution in [-0.2, 0) is 9.47 Å². The Bertz CT molecular complexity index is 464. The van der Waals surface area contributed by atoms with Crippen LogP contribution in [0.4, 0.5) is 11.5 Å². The molecule has 0 bridgehead atoms. The second kappa shape index (κ2) is 5.88. The number of hydrogen-bond donors (Lipinski definition) is 2. The molecule has 19 heavy (non-hydrogen) atoms. The number of hydrogen-bond acceptors (Lipinski definition) is 6. The Balaban J connectivity index is 2.15. The van der Waals surface area contributed by atoms with E-state index < -0.39 is 5.97 Å². The Morgan fingerprint density at radius 3 is 2.95 bits per heavy atom. The van der Waals surface area contributed by atoms with Crippen molar-refractivity contribution in [1.29, 1.82) is 0 Å². The van der Waals surface area contributed by atoms with E-state index in [2.05, 4.69) is 15.0 Å². The third-order valence-electron chi connectivity index (χ3n) is 3.43. The van der Waals surface area contributed by atoms with Gasteiger partial charge in [-0.05, 0) is 25.3 Å². The van der Waals surface area contributed by atoms with Crippen molar-refractivity contribution in [1.82, 2.24) is 4.98 Å². The highest BCUT2D eigenvalue weighted by Gasteiger charge is 2.27. The fraction of sp³-hybridized carbons (Fsp3) is 0.538. The van der Waals surface area contributed by atoms with Gasteiger partial charge in [0, 0.05) is 7.11 Å². The Hall–Kier alpha value is -1.82. The van der Waals surface area contributed by atoms with Crippen molar-refractivity contribution >= 4 is 17.5 Å². The molecular weight excluding hydrogens is 246 g/mol. The van der Waals surface area contributed by atoms with E-state index in [4.69, 9.17) is 10.5 Å². The van der Waals surface area contributed by atoms with Gasteiger partial charge in [0.2, 0.25) is 0 Å². The number of aromatic nitrogens is 1. The number of nitrogens with two attached hydrogens (primary N) is 1. The first kappa shape index (κ1) is 13.6. The van der Waals surface area contributed by atoms with Gasteiger partial charge in [0.05, 0.1) is 36.7 Å². The number of rotatable bonds is 4. The topological polar surface area (TPSA) is 86.5 Å². The molecule has 1 aromatic rings. The number of nitrogen functional groups attached to an aromatic ring is 1. The van der Waals surface area contributed by atoms with Crippen molar-refractivity contribution in [2.24, 2.45) is 0 Å². The normalized spacial score (nSPS) is 22.2. The fourth-order valence-electron chi connectivity index (χ4n) is 2.39. The number of anilines is 2. The fourth-order valence-corrected chi connectivity index (χ4v) is 2.39. The standard InChI is InChI=1S/C13H19N3O3/c1-18-11-5-3-4-10(11)16-12-6-8(13(17)19-2)9(14)7-15-12/h6-7,10-11H,3-5,14H2,1-2H3,(H,15,16). The first-order valence-electron chi connectivity index (χ1n) is 6.29. The summed E-state index contributed by atoms with van der Waals surface area (Å²) in [7, 11) is 3.04. The summed E-state index contributed by atoms with van der Waals surface area (Å²) < 4.78 is 10.1. The van der Waals surface area contributed by atoms with E-state index >= 15 is 0 Å². The minimum atomic E-state index is -0.460. The molecule has 6 nitrogen and oxygen atoms in total. The van der Waals surface area contributed by atoms with E-state index in [-0.39, 0.29) is 12.1 Å². The summed E-state index contributed by atoms with van der Waals surface area (Å²) in [4.78, 5) is 15.8. The van der Waals surface area contributed by atoms with Gasteiger partial charge >= 0.3 is 5.97 Å². The van der Waals surface area contributed by atoms with Crippen molar-refractivity contribution < 1.29 is 14.3 Å². The Morgan fingerprint density at radius 2 is 2.26 bits per heavy atom. The summed E-state index contributed by atoms with van der Waals surface area (Å²) in [5.74, 6) is 0.154. The Morgan fingerprint density at radius 1 is 1.47 bits per heavy atom. The third kappa shape index (κ3) is 2.96. The summed E-state index contributed by atoms with van der Waals surface area (Å²) in [6.07, 6.45) is 4.83. The van der Waals surface area contributed by atoms with Crippen LogP contribution in [0.25, 0.3) is 0 Å². The molecule has 1 aromatic heterocycles. The number of esters is 1. The van der Waals surface area contributed by atoms with Gasteiger partial charge < -0.3 is 20.5 Å². The molecule has 0 amide bonds. The van der Waals surface area contributed by atoms with Crippen LogP contribution in [0.5, 0.6) is 0 Å². The van der Waals surface area contributed by atoms with E-state index in [0.29, 0.717) is 17.1 Å². The second-order valence-corrected chi connectivity index (χ2v) is 4.60. The number of ether oxygens (including phenoxy) is 2. The van der Waals surface area contributed by atoms with Crippen molar-refractivity contribution in [2.45, 2.75) is 31.4 Å². The van der Waals surface area contributed by atoms with Crippen LogP contribution in [-0.4, -0.2) is 37.3 Å². The summed E-state index contributed by atoms with van der Waals surface area (Å²) in [5, 5.41) is 3.29. The van der Waals surface area contributed by atoms with Gasteiger partial charge in [-0.25, -0.2) is 9.78 Å². The summed E-state index contributed by atoms with van der Waals surface area (Å²) in [5.41, 5.74) is 6.35. The van der Waals surface area contributed by atoms with E-state index in [1.807, 2.05) is 0 Å². The number of carbonyl (C=O) groups is 1. The van der Waals surface area contributed by atoms with Crippen molar-refractivity contribution in [3.8, 4) is 0 Å². The maximum Gasteiger partial charge on any atom is 0.340 e. The number of methoxy groups -OCH3 is 2. The van der Waals surface area contributed by atoms with Crippen molar-refractivity contribution in [2.75, 3.05) is 25.3 Å². The van der Waals surface area contributed by atoms with Crippen molar-refractivity contribution in [3.05, 3.63) is 17.8 Å². The molecule has 104 valence electrons. The molecule has 2 atom stereocenters. The highest BCUT2D eigenvalue weighted by molar-refractivity contribution is 5.95. The van der Waals surface area contributed by atoms with Crippen LogP contribution in [0.3, 0.4) is 0 Å². The smallest absolute Gasteiger partial charge is 0.340 e. The molecule has 0 aliphatic heterocycles. The van der Waals surface area contributed by atoms with Crippen LogP contribution >= 0.6 is 0 Å². The largest absolute Gasteiger partial charge is 0.465 e. The zero-order chi connectivity index (χ0) is 13.8. The van der Waals surface area contributed by atoms with Gasteiger partial charge in [-0.1, -0.05) is 0 Å². The highest BCUT2D eigenvalue weighted by atomic mass is 16.5. The number of carbonyl (C=O) groups excluding carboxylic acids is 1. The van der Waals surface area contributed by atoms with Crippen LogP contribution in [0.15, 0.2) is 12.3 Å². The SMILES string of the molecule is COC(=O)c1cc(NC2CCCC2OC)ncc1N. The van der Waals surface area contributed by atoms with Gasteiger partial charge in [0.15, 0.2) is 0 Å². The molecule has 1 aliphatic rings. The molecule has 1 heterocycles. The van der Waals surface area contributed by atoms with Crippen LogP contribution < -0.4 is 11.1 Å². The predicted octanol–water partition coefficient (Wildman–Crippen LogP) is 1.43. The molecule has 6 heteroatoms. The Kier molecular flexibility index (Phi) is 4.21. The molecule has 0 radical (unpaired) electrons. The van der Waals surface area contributed by atoms with Gasteiger partial charge in [-0.2, -0.15) is 0 Å². The summed E-state index contributed by atoms with van der Waals surface area (Å²) in [6.45, 7) is 0. The summed E-state index contributed by atoms with van der Waals surface area (Å²) in [6, 6.07) is 1.83. The maximum absolute atomic E-state index is 11.6. The lowest BCUT2D eigenvalue weighted by atomic mass is 10.2. The van der Waals surface area contributed by atoms with Crippen LogP contribution in [0.1, 0.15) is 29.6 Å². The molecule has 0 aromatic carbocycles. The molecule has 2 rings (SSSR count). The quantitative estimate of drug-likeness (QED) is 0.801. The minimum absolute atomic E-state index is 0.181. The number of pyridine rings is 1. The number of nitrogens with one attached hydrogen (secondary N) is 1. The number of nitrogens with zero attached hydrogens (tertiary/aromatic N) is 1. The molecule has 2 unspecified atom stereocenters. The molecule has 1 fully saturated rings. The average Bonchev–Trinajstić information content (AvgIpc) is 2.87. The van der Waals surface area contributed by atoms with E-state index in [1.54, 1.807) is 13.2 Å². The first-order chi connectivity index (χ1) is 9.15. The summed E-state index contributed by atoms with van der Waals surface area (Å²) >= 11 is 0. The molecule has 0 saturated heterocycles. The maximum atomic E-state index is 11.6. The van der Waals surface area contributed by atoms with Crippen LogP contribution in [0.2, 0.25) is 0 Å². The van der Waals surface area contributed by atoms with Crippen LogP contribution in [0, 0.1) is 0 Å². The molecule has 0 spiro atoms. The molecule has 1 saturated carbocycles. The average molecular weight is 265 g/mol. The van der Waals surface area contributed by atoms with Crippen molar-refractivity contribution in [3.63, 3.8) is 0 Å². The predicted molar refractivity (Wildman–Crippen MR) is 72.0 cm³/mol. The first-order valence-corrected chi connectivity index (χ1v) is 6.29. The van der Waals surface area contributed by atoms with Gasteiger partial charge in [-0.15, -0.1) is 0 Å². The monoisotopic (exact) mass is 265 g/mol. The molecule has 1 aliphatic carbocycles. The van der Waals surface area contributed by atoms with E-state index in [9.17, 15) is 4.79 Å². The zero-order valence-corrected chi connectivity index (χ0v) is 11.2. The van der Waals surface area contributed by atoms with E-state index in [1.165, 1.54) is 13.3 Å².